The summed E-state index contributed by atoms with van der Waals surface area (Å²) in [4.78, 5) is 26.4. The Labute approximate surface area is 234 Å². The van der Waals surface area contributed by atoms with Crippen molar-refractivity contribution >= 4 is 17.4 Å². The topological polar surface area (TPSA) is 76.1 Å². The molecule has 6 nitrogen and oxygen atoms in total. The molecular weight excluding hydrogens is 535 g/mol. The summed E-state index contributed by atoms with van der Waals surface area (Å²) in [5.41, 5.74) is 3.41. The number of amides is 1. The molecule has 0 saturated carbocycles. The molecule has 2 aliphatic rings. The van der Waals surface area contributed by atoms with Crippen molar-refractivity contribution in [2.24, 2.45) is 0 Å². The van der Waals surface area contributed by atoms with Crippen LogP contribution in [0.15, 0.2) is 90.7 Å². The number of allylic oxidation sites excluding steroid dienone is 5. The second-order valence-corrected chi connectivity index (χ2v) is 9.73. The quantitative estimate of drug-likeness (QED) is 0.317. The highest BCUT2D eigenvalue weighted by Gasteiger charge is 2.32. The van der Waals surface area contributed by atoms with Crippen LogP contribution >= 0.6 is 0 Å². The summed E-state index contributed by atoms with van der Waals surface area (Å²) in [5, 5.41) is 9.26. The Bertz CT molecular complexity index is 1600. The minimum absolute atomic E-state index is 0.0359. The van der Waals surface area contributed by atoms with E-state index in [-0.39, 0.29) is 18.0 Å². The van der Waals surface area contributed by atoms with Gasteiger partial charge in [-0.25, -0.2) is 4.79 Å². The zero-order valence-corrected chi connectivity index (χ0v) is 22.1. The number of carboxylic acids is 1. The second kappa shape index (κ2) is 11.4. The van der Waals surface area contributed by atoms with Crippen molar-refractivity contribution in [3.05, 3.63) is 124 Å². The van der Waals surface area contributed by atoms with Crippen LogP contribution in [0.4, 0.5) is 13.2 Å². The number of carboxylic acid groups (broad SMARTS) is 1. The van der Waals surface area contributed by atoms with E-state index in [1.165, 1.54) is 24.1 Å². The number of alkyl halides is 3. The summed E-state index contributed by atoms with van der Waals surface area (Å²) >= 11 is 0. The van der Waals surface area contributed by atoms with E-state index in [1.54, 1.807) is 36.6 Å². The van der Waals surface area contributed by atoms with Gasteiger partial charge in [0.2, 0.25) is 0 Å². The molecule has 1 aliphatic heterocycles. The maximum Gasteiger partial charge on any atom is 0.416 e. The zero-order chi connectivity index (χ0) is 29.1. The van der Waals surface area contributed by atoms with Gasteiger partial charge in [-0.05, 0) is 71.0 Å². The summed E-state index contributed by atoms with van der Waals surface area (Å²) < 4.78 is 51.0. The molecule has 1 amide bonds. The van der Waals surface area contributed by atoms with Gasteiger partial charge in [0.05, 0.1) is 30.1 Å². The molecule has 0 saturated heterocycles. The number of carbonyl (C=O) groups is 2. The third kappa shape index (κ3) is 6.19. The van der Waals surface area contributed by atoms with Crippen molar-refractivity contribution in [2.75, 3.05) is 13.7 Å². The lowest BCUT2D eigenvalue weighted by Crippen LogP contribution is -2.37. The molecule has 3 aromatic carbocycles. The molecule has 0 fully saturated rings. The van der Waals surface area contributed by atoms with Gasteiger partial charge in [0.1, 0.15) is 11.5 Å². The fourth-order valence-electron chi connectivity index (χ4n) is 4.86. The summed E-state index contributed by atoms with van der Waals surface area (Å²) in [5.74, 6) is -0.510. The monoisotopic (exact) mass is 561 g/mol. The molecule has 3 aromatic rings. The van der Waals surface area contributed by atoms with Crippen LogP contribution in [0, 0.1) is 0 Å². The molecule has 0 atom stereocenters. The van der Waals surface area contributed by atoms with Crippen LogP contribution in [0.1, 0.15) is 49.4 Å². The maximum absolute atomic E-state index is 13.5. The highest BCUT2D eigenvalue weighted by atomic mass is 19.4. The smallest absolute Gasteiger partial charge is 0.416 e. The van der Waals surface area contributed by atoms with Gasteiger partial charge in [0, 0.05) is 19.2 Å². The number of hydrogen-bond acceptors (Lipinski definition) is 4. The van der Waals surface area contributed by atoms with Crippen LogP contribution in [0.2, 0.25) is 0 Å². The first-order chi connectivity index (χ1) is 19.6. The third-order valence-corrected chi connectivity index (χ3v) is 6.99. The number of nitrogens with zero attached hydrogens (tertiary/aromatic N) is 1. The number of methoxy groups -OCH3 is 1. The number of carbonyl (C=O) groups excluding carboxylic acids is 1. The van der Waals surface area contributed by atoms with E-state index in [0.29, 0.717) is 42.0 Å². The number of aromatic carboxylic acids is 1. The van der Waals surface area contributed by atoms with Gasteiger partial charge in [0.15, 0.2) is 0 Å². The summed E-state index contributed by atoms with van der Waals surface area (Å²) in [7, 11) is 1.52. The van der Waals surface area contributed by atoms with Crippen LogP contribution in [0.25, 0.3) is 5.57 Å². The van der Waals surface area contributed by atoms with Gasteiger partial charge in [0.25, 0.3) is 5.91 Å². The van der Waals surface area contributed by atoms with E-state index in [0.717, 1.165) is 34.4 Å². The first-order valence-electron chi connectivity index (χ1n) is 12.9. The standard InChI is InChI=1S/C32H26F3NO5/c1-40-27-16-24-12-13-36(18-21-4-2-7-26(14-21)32(33,34)35)30(37)29(24)28(17-27)41-19-20-8-10-22(11-9-20)23-5-3-6-25(15-23)31(38)39/h2-8,10-11,14-17,19H,9,12-13,18H2,1H3,(H,38,39). The largest absolute Gasteiger partial charge is 0.497 e. The predicted octanol–water partition coefficient (Wildman–Crippen LogP) is 6.92. The van der Waals surface area contributed by atoms with Crippen LogP contribution in [-0.2, 0) is 19.1 Å². The molecule has 210 valence electrons. The Balaban J connectivity index is 1.35. The van der Waals surface area contributed by atoms with Crippen molar-refractivity contribution in [2.45, 2.75) is 25.6 Å². The SMILES string of the molecule is COc1cc2c(c(OC=C3C=CC(c4cccc(C(=O)O)c4)=CC3)c1)C(=O)N(Cc1cccc(C(F)(F)F)c1)CC2. The molecule has 0 spiro atoms. The maximum atomic E-state index is 13.5. The molecular formula is C32H26F3NO5. The third-order valence-electron chi connectivity index (χ3n) is 6.99. The molecule has 1 heterocycles. The molecule has 1 N–H and O–H groups in total. The minimum Gasteiger partial charge on any atom is -0.497 e. The van der Waals surface area contributed by atoms with Crippen molar-refractivity contribution in [1.29, 1.82) is 0 Å². The molecule has 0 bridgehead atoms. The normalized spacial score (nSPS) is 15.9. The summed E-state index contributed by atoms with van der Waals surface area (Å²) in [6.45, 7) is 0.378. The first kappa shape index (κ1) is 27.8. The van der Waals surface area contributed by atoms with Crippen LogP contribution in [-0.4, -0.2) is 35.5 Å². The van der Waals surface area contributed by atoms with Gasteiger partial charge in [-0.3, -0.25) is 4.79 Å². The second-order valence-electron chi connectivity index (χ2n) is 9.73. The Hall–Kier alpha value is -4.79. The molecule has 9 heteroatoms. The molecule has 0 unspecified atom stereocenters. The Morgan fingerprint density at radius 3 is 2.59 bits per heavy atom. The lowest BCUT2D eigenvalue weighted by atomic mass is 9.96. The number of halogens is 3. The van der Waals surface area contributed by atoms with E-state index in [2.05, 4.69) is 0 Å². The zero-order valence-electron chi connectivity index (χ0n) is 22.1. The average Bonchev–Trinajstić information content (AvgIpc) is 2.97. The molecule has 41 heavy (non-hydrogen) atoms. The number of benzene rings is 3. The van der Waals surface area contributed by atoms with Gasteiger partial charge in [-0.1, -0.05) is 42.5 Å². The lowest BCUT2D eigenvalue weighted by Gasteiger charge is -2.30. The van der Waals surface area contributed by atoms with Crippen molar-refractivity contribution in [1.82, 2.24) is 4.90 Å². The van der Waals surface area contributed by atoms with Crippen LogP contribution < -0.4 is 9.47 Å². The fourth-order valence-corrected chi connectivity index (χ4v) is 4.86. The van der Waals surface area contributed by atoms with Crippen LogP contribution in [0.5, 0.6) is 11.5 Å². The van der Waals surface area contributed by atoms with Gasteiger partial charge in [-0.15, -0.1) is 0 Å². The van der Waals surface area contributed by atoms with Gasteiger partial charge in [-0.2, -0.15) is 13.2 Å². The molecule has 1 aliphatic carbocycles. The lowest BCUT2D eigenvalue weighted by molar-refractivity contribution is -0.137. The van der Waals surface area contributed by atoms with Crippen molar-refractivity contribution in [3.8, 4) is 11.5 Å². The van der Waals surface area contributed by atoms with Crippen LogP contribution in [0.3, 0.4) is 0 Å². The van der Waals surface area contributed by atoms with E-state index in [9.17, 15) is 27.9 Å². The number of ether oxygens (including phenoxy) is 2. The number of rotatable bonds is 7. The highest BCUT2D eigenvalue weighted by Crippen LogP contribution is 2.35. The van der Waals surface area contributed by atoms with E-state index < -0.39 is 17.7 Å². The molecule has 5 rings (SSSR count). The van der Waals surface area contributed by atoms with Crippen molar-refractivity contribution in [3.63, 3.8) is 0 Å². The summed E-state index contributed by atoms with van der Waals surface area (Å²) in [6, 6.07) is 15.1. The number of hydrogen-bond donors (Lipinski definition) is 1. The summed E-state index contributed by atoms with van der Waals surface area (Å²) in [6.07, 6.45) is 3.77. The first-order valence-corrected chi connectivity index (χ1v) is 12.9. The van der Waals surface area contributed by atoms with Gasteiger partial charge >= 0.3 is 12.1 Å². The Morgan fingerprint density at radius 2 is 1.88 bits per heavy atom. The minimum atomic E-state index is -4.47. The van der Waals surface area contributed by atoms with Gasteiger partial charge < -0.3 is 19.5 Å². The van der Waals surface area contributed by atoms with E-state index in [1.807, 2.05) is 24.3 Å². The van der Waals surface area contributed by atoms with E-state index >= 15 is 0 Å². The molecule has 0 radical (unpaired) electrons. The highest BCUT2D eigenvalue weighted by molar-refractivity contribution is 5.99. The fraction of sp³-hybridized carbons (Fsp3) is 0.188. The Kier molecular flexibility index (Phi) is 7.70. The predicted molar refractivity (Wildman–Crippen MR) is 147 cm³/mol. The average molecular weight is 562 g/mol. The van der Waals surface area contributed by atoms with E-state index in [4.69, 9.17) is 9.47 Å². The molecule has 0 aromatic heterocycles. The number of fused-ring (bicyclic) bond motifs is 1. The van der Waals surface area contributed by atoms with Crippen molar-refractivity contribution < 1.29 is 37.3 Å². The Morgan fingerprint density at radius 1 is 1.07 bits per heavy atom.